The van der Waals surface area contributed by atoms with Gasteiger partial charge in [0, 0.05) is 12.1 Å². The Morgan fingerprint density at radius 3 is 2.53 bits per heavy atom. The van der Waals surface area contributed by atoms with Crippen molar-refractivity contribution in [2.24, 2.45) is 0 Å². The molecule has 0 aliphatic carbocycles. The lowest BCUT2D eigenvalue weighted by molar-refractivity contribution is -0.140. The fourth-order valence-electron chi connectivity index (χ4n) is 1.45. The molecule has 0 bridgehead atoms. The first-order chi connectivity index (χ1) is 8.08. The summed E-state index contributed by atoms with van der Waals surface area (Å²) in [6, 6.07) is 4.93. The van der Waals surface area contributed by atoms with E-state index >= 15 is 0 Å². The smallest absolute Gasteiger partial charge is 0.338 e. The van der Waals surface area contributed by atoms with Gasteiger partial charge in [0.15, 0.2) is 0 Å². The number of nitrogens with two attached hydrogens (primary N) is 1. The van der Waals surface area contributed by atoms with Gasteiger partial charge in [0.2, 0.25) is 0 Å². The summed E-state index contributed by atoms with van der Waals surface area (Å²) in [4.78, 5) is 22.5. The molecule has 5 heteroatoms. The van der Waals surface area contributed by atoms with Gasteiger partial charge in [0.1, 0.15) is 0 Å². The average molecular weight is 237 g/mol. The van der Waals surface area contributed by atoms with Crippen molar-refractivity contribution in [2.75, 3.05) is 20.0 Å². The highest BCUT2D eigenvalue weighted by Crippen LogP contribution is 2.16. The minimum absolute atomic E-state index is 0.213. The van der Waals surface area contributed by atoms with Crippen LogP contribution < -0.4 is 5.73 Å². The van der Waals surface area contributed by atoms with Gasteiger partial charge < -0.3 is 15.2 Å². The van der Waals surface area contributed by atoms with Gasteiger partial charge in [0.05, 0.1) is 19.8 Å². The first kappa shape index (κ1) is 13.0. The number of nitrogen functional groups attached to an aromatic ring is 1. The summed E-state index contributed by atoms with van der Waals surface area (Å²) in [5.74, 6) is -0.783. The van der Waals surface area contributed by atoms with Gasteiger partial charge in [-0.1, -0.05) is 6.07 Å². The third-order valence-electron chi connectivity index (χ3n) is 2.37. The number of esters is 2. The van der Waals surface area contributed by atoms with Gasteiger partial charge in [-0.15, -0.1) is 0 Å². The Labute approximate surface area is 99.5 Å². The highest BCUT2D eigenvalue weighted by Gasteiger charge is 2.13. The minimum atomic E-state index is -0.461. The van der Waals surface area contributed by atoms with E-state index in [1.54, 1.807) is 18.2 Å². The first-order valence-corrected chi connectivity index (χ1v) is 5.12. The van der Waals surface area contributed by atoms with E-state index in [0.29, 0.717) is 17.7 Å². The molecule has 0 radical (unpaired) electrons. The van der Waals surface area contributed by atoms with E-state index in [9.17, 15) is 9.59 Å². The molecule has 17 heavy (non-hydrogen) atoms. The van der Waals surface area contributed by atoms with Crippen LogP contribution in [0.1, 0.15) is 22.3 Å². The maximum atomic E-state index is 11.5. The number of carbonyl (C=O) groups excluding carboxylic acids is 2. The van der Waals surface area contributed by atoms with E-state index < -0.39 is 5.97 Å². The molecule has 0 aliphatic rings. The fourth-order valence-corrected chi connectivity index (χ4v) is 1.45. The van der Waals surface area contributed by atoms with Crippen molar-refractivity contribution in [3.63, 3.8) is 0 Å². The molecule has 0 spiro atoms. The van der Waals surface area contributed by atoms with Crippen molar-refractivity contribution in [2.45, 2.75) is 12.8 Å². The molecular weight excluding hydrogens is 222 g/mol. The lowest BCUT2D eigenvalue weighted by atomic mass is 10.0. The van der Waals surface area contributed by atoms with E-state index in [1.807, 2.05) is 0 Å². The highest BCUT2D eigenvalue weighted by molar-refractivity contribution is 5.92. The number of anilines is 1. The standard InChI is InChI=1S/C12H15NO4/c1-16-11(14)6-4-8-3-5-9(13)7-10(8)12(15)17-2/h3,5,7H,4,6,13H2,1-2H3. The van der Waals surface area contributed by atoms with Gasteiger partial charge in [0.25, 0.3) is 0 Å². The molecule has 5 nitrogen and oxygen atoms in total. The van der Waals surface area contributed by atoms with E-state index in [0.717, 1.165) is 5.56 Å². The van der Waals surface area contributed by atoms with Crippen LogP contribution in [0.2, 0.25) is 0 Å². The number of hydrogen-bond acceptors (Lipinski definition) is 5. The molecule has 0 atom stereocenters. The third-order valence-corrected chi connectivity index (χ3v) is 2.37. The van der Waals surface area contributed by atoms with E-state index in [2.05, 4.69) is 9.47 Å². The molecule has 2 N–H and O–H groups in total. The van der Waals surface area contributed by atoms with Crippen LogP contribution in [-0.4, -0.2) is 26.2 Å². The Balaban J connectivity index is 2.90. The predicted octanol–water partition coefficient (Wildman–Crippen LogP) is 1.16. The molecule has 0 saturated heterocycles. The zero-order valence-corrected chi connectivity index (χ0v) is 9.86. The lowest BCUT2D eigenvalue weighted by Gasteiger charge is -2.08. The van der Waals surface area contributed by atoms with Gasteiger partial charge >= 0.3 is 11.9 Å². The summed E-state index contributed by atoms with van der Waals surface area (Å²) in [6.45, 7) is 0. The van der Waals surface area contributed by atoms with Crippen LogP contribution in [0, 0.1) is 0 Å². The first-order valence-electron chi connectivity index (χ1n) is 5.12. The van der Waals surface area contributed by atoms with Crippen LogP contribution in [0.4, 0.5) is 5.69 Å². The number of carbonyl (C=O) groups is 2. The fraction of sp³-hybridized carbons (Fsp3) is 0.333. The van der Waals surface area contributed by atoms with Gasteiger partial charge in [-0.2, -0.15) is 0 Å². The zero-order valence-electron chi connectivity index (χ0n) is 9.86. The summed E-state index contributed by atoms with van der Waals surface area (Å²) < 4.78 is 9.20. The van der Waals surface area contributed by atoms with Crippen molar-refractivity contribution in [1.82, 2.24) is 0 Å². The normalized spacial score (nSPS) is 9.76. The largest absolute Gasteiger partial charge is 0.469 e. The lowest BCUT2D eigenvalue weighted by Crippen LogP contribution is -2.09. The maximum absolute atomic E-state index is 11.5. The monoisotopic (exact) mass is 237 g/mol. The second kappa shape index (κ2) is 5.89. The Morgan fingerprint density at radius 1 is 1.24 bits per heavy atom. The minimum Gasteiger partial charge on any atom is -0.469 e. The number of rotatable bonds is 4. The maximum Gasteiger partial charge on any atom is 0.338 e. The van der Waals surface area contributed by atoms with Crippen LogP contribution in [0.25, 0.3) is 0 Å². The van der Waals surface area contributed by atoms with E-state index in [1.165, 1.54) is 14.2 Å². The van der Waals surface area contributed by atoms with Crippen molar-refractivity contribution in [3.05, 3.63) is 29.3 Å². The Kier molecular flexibility index (Phi) is 4.51. The van der Waals surface area contributed by atoms with Gasteiger partial charge in [-0.3, -0.25) is 4.79 Å². The number of hydrogen-bond donors (Lipinski definition) is 1. The summed E-state index contributed by atoms with van der Waals surface area (Å²) in [6.07, 6.45) is 0.627. The molecule has 1 aromatic carbocycles. The number of benzene rings is 1. The summed E-state index contributed by atoms with van der Waals surface area (Å²) in [5.41, 5.74) is 7.19. The second-order valence-corrected chi connectivity index (χ2v) is 3.48. The number of methoxy groups -OCH3 is 2. The van der Waals surface area contributed by atoms with Crippen molar-refractivity contribution < 1.29 is 19.1 Å². The van der Waals surface area contributed by atoms with Crippen LogP contribution in [0.5, 0.6) is 0 Å². The zero-order chi connectivity index (χ0) is 12.8. The molecule has 0 fully saturated rings. The second-order valence-electron chi connectivity index (χ2n) is 3.48. The van der Waals surface area contributed by atoms with Crippen LogP contribution in [0.3, 0.4) is 0 Å². The Bertz CT molecular complexity index is 429. The van der Waals surface area contributed by atoms with E-state index in [4.69, 9.17) is 5.73 Å². The summed E-state index contributed by atoms with van der Waals surface area (Å²) in [7, 11) is 2.63. The number of aryl methyl sites for hydroxylation is 1. The van der Waals surface area contributed by atoms with Crippen LogP contribution >= 0.6 is 0 Å². The molecule has 1 aromatic rings. The predicted molar refractivity (Wildman–Crippen MR) is 62.5 cm³/mol. The molecule has 0 aliphatic heterocycles. The topological polar surface area (TPSA) is 78.6 Å². The Hall–Kier alpha value is -2.04. The molecule has 0 heterocycles. The van der Waals surface area contributed by atoms with Crippen molar-refractivity contribution >= 4 is 17.6 Å². The number of ether oxygens (including phenoxy) is 2. The SMILES string of the molecule is COC(=O)CCc1ccc(N)cc1C(=O)OC. The molecule has 92 valence electrons. The van der Waals surface area contributed by atoms with Gasteiger partial charge in [-0.25, -0.2) is 4.79 Å². The van der Waals surface area contributed by atoms with Crippen molar-refractivity contribution in [1.29, 1.82) is 0 Å². The molecule has 0 aromatic heterocycles. The summed E-state index contributed by atoms with van der Waals surface area (Å²) in [5, 5.41) is 0. The molecule has 0 saturated carbocycles. The average Bonchev–Trinajstić information content (AvgIpc) is 2.35. The van der Waals surface area contributed by atoms with Crippen molar-refractivity contribution in [3.8, 4) is 0 Å². The third kappa shape index (κ3) is 3.48. The summed E-state index contributed by atoms with van der Waals surface area (Å²) >= 11 is 0. The van der Waals surface area contributed by atoms with Crippen LogP contribution in [0.15, 0.2) is 18.2 Å². The van der Waals surface area contributed by atoms with Gasteiger partial charge in [-0.05, 0) is 24.1 Å². The molecular formula is C12H15NO4. The quantitative estimate of drug-likeness (QED) is 0.628. The highest BCUT2D eigenvalue weighted by atomic mass is 16.5. The van der Waals surface area contributed by atoms with Crippen LogP contribution in [-0.2, 0) is 20.7 Å². The Morgan fingerprint density at radius 2 is 1.94 bits per heavy atom. The molecule has 0 unspecified atom stereocenters. The molecule has 0 amide bonds. The van der Waals surface area contributed by atoms with E-state index in [-0.39, 0.29) is 12.4 Å². The molecule has 1 rings (SSSR count).